The molecule has 0 spiro atoms. The standard InChI is InChI=1S/C28H27FN2O4/c1-3-7-20-12-17(13-23(34-4-2)26(20)35-16-21-8-5-6-9-22(21)29)15-30-31-27(32)24-18-10-11-19(14-18)25(24)28(31)33/h3,5-6,8-13,15,18-19,24-25H,1,4,7,14,16H2,2H3/t18-,19-,24-,25+/m0/s1. The topological polar surface area (TPSA) is 68.2 Å². The summed E-state index contributed by atoms with van der Waals surface area (Å²) in [5.74, 6) is -0.136. The van der Waals surface area contributed by atoms with Gasteiger partial charge in [0.05, 0.1) is 24.7 Å². The lowest BCUT2D eigenvalue weighted by Crippen LogP contribution is -2.28. The highest BCUT2D eigenvalue weighted by atomic mass is 19.1. The fourth-order valence-corrected chi connectivity index (χ4v) is 5.38. The molecular formula is C28H27FN2O4. The monoisotopic (exact) mass is 474 g/mol. The summed E-state index contributed by atoms with van der Waals surface area (Å²) in [7, 11) is 0. The molecule has 1 saturated carbocycles. The minimum Gasteiger partial charge on any atom is -0.490 e. The van der Waals surface area contributed by atoms with Crippen molar-refractivity contribution in [1.82, 2.24) is 5.01 Å². The van der Waals surface area contributed by atoms with Crippen molar-refractivity contribution in [3.05, 3.63) is 83.7 Å². The van der Waals surface area contributed by atoms with E-state index >= 15 is 0 Å². The smallest absolute Gasteiger partial charge is 0.254 e. The quantitative estimate of drug-likeness (QED) is 0.301. The number of benzene rings is 2. The van der Waals surface area contributed by atoms with Crippen molar-refractivity contribution in [3.8, 4) is 11.5 Å². The average Bonchev–Trinajstić information content (AvgIpc) is 3.53. The van der Waals surface area contributed by atoms with Crippen LogP contribution >= 0.6 is 0 Å². The second-order valence-electron chi connectivity index (χ2n) is 9.05. The van der Waals surface area contributed by atoms with Gasteiger partial charge >= 0.3 is 0 Å². The molecule has 0 N–H and O–H groups in total. The van der Waals surface area contributed by atoms with Crippen molar-refractivity contribution >= 4 is 18.0 Å². The average molecular weight is 475 g/mol. The number of hydrogen-bond donors (Lipinski definition) is 0. The predicted molar refractivity (Wildman–Crippen MR) is 129 cm³/mol. The maximum atomic E-state index is 14.1. The second-order valence-corrected chi connectivity index (χ2v) is 9.05. The summed E-state index contributed by atoms with van der Waals surface area (Å²) < 4.78 is 25.9. The summed E-state index contributed by atoms with van der Waals surface area (Å²) in [4.78, 5) is 25.8. The molecule has 2 aromatic carbocycles. The number of imide groups is 1. The third-order valence-electron chi connectivity index (χ3n) is 6.92. The molecule has 0 aromatic heterocycles. The van der Waals surface area contributed by atoms with Crippen LogP contribution in [0.5, 0.6) is 11.5 Å². The van der Waals surface area contributed by atoms with Crippen LogP contribution in [0.25, 0.3) is 0 Å². The summed E-state index contributed by atoms with van der Waals surface area (Å²) >= 11 is 0. The largest absolute Gasteiger partial charge is 0.490 e. The van der Waals surface area contributed by atoms with Gasteiger partial charge in [0.2, 0.25) is 0 Å². The molecule has 4 atom stereocenters. The van der Waals surface area contributed by atoms with Crippen LogP contribution in [0.1, 0.15) is 30.0 Å². The van der Waals surface area contributed by atoms with E-state index < -0.39 is 0 Å². The van der Waals surface area contributed by atoms with E-state index in [9.17, 15) is 14.0 Å². The van der Waals surface area contributed by atoms with E-state index in [4.69, 9.17) is 9.47 Å². The molecular weight excluding hydrogens is 447 g/mol. The zero-order valence-electron chi connectivity index (χ0n) is 19.5. The van der Waals surface area contributed by atoms with E-state index in [0.717, 1.165) is 17.0 Å². The molecule has 2 amide bonds. The normalized spacial score (nSPS) is 24.5. The van der Waals surface area contributed by atoms with E-state index in [-0.39, 0.29) is 47.9 Å². The maximum absolute atomic E-state index is 14.1. The first-order valence-corrected chi connectivity index (χ1v) is 11.9. The summed E-state index contributed by atoms with van der Waals surface area (Å²) in [6, 6.07) is 10.0. The Morgan fingerprint density at radius 2 is 1.80 bits per heavy atom. The van der Waals surface area contributed by atoms with Gasteiger partial charge in [0, 0.05) is 11.1 Å². The number of halogens is 1. The number of fused-ring (bicyclic) bond motifs is 5. The van der Waals surface area contributed by atoms with Gasteiger partial charge in [-0.25, -0.2) is 4.39 Å². The lowest BCUT2D eigenvalue weighted by molar-refractivity contribution is -0.140. The van der Waals surface area contributed by atoms with Gasteiger partial charge in [-0.1, -0.05) is 36.4 Å². The van der Waals surface area contributed by atoms with Crippen LogP contribution in [0.15, 0.2) is 66.3 Å². The molecule has 35 heavy (non-hydrogen) atoms. The Hall–Kier alpha value is -3.74. The Kier molecular flexibility index (Phi) is 6.24. The van der Waals surface area contributed by atoms with Crippen LogP contribution in [0.3, 0.4) is 0 Å². The van der Waals surface area contributed by atoms with Gasteiger partial charge in [0.15, 0.2) is 11.5 Å². The first kappa shape index (κ1) is 23.0. The number of allylic oxidation sites excluding steroid dienone is 3. The van der Waals surface area contributed by atoms with Crippen molar-refractivity contribution in [3.63, 3.8) is 0 Å². The zero-order valence-corrected chi connectivity index (χ0v) is 19.5. The molecule has 1 aliphatic heterocycles. The molecule has 2 aromatic rings. The van der Waals surface area contributed by atoms with Crippen LogP contribution in [-0.2, 0) is 22.6 Å². The van der Waals surface area contributed by atoms with Crippen molar-refractivity contribution in [2.24, 2.45) is 28.8 Å². The Bertz CT molecular complexity index is 1210. The van der Waals surface area contributed by atoms with Gasteiger partial charge in [-0.2, -0.15) is 10.1 Å². The molecule has 0 radical (unpaired) electrons. The molecule has 7 heteroatoms. The lowest BCUT2D eigenvalue weighted by Gasteiger charge is -2.17. The van der Waals surface area contributed by atoms with Crippen LogP contribution in [0, 0.1) is 29.5 Å². The van der Waals surface area contributed by atoms with Crippen LogP contribution in [0.2, 0.25) is 0 Å². The number of carbonyl (C=O) groups is 2. The number of hydrazone groups is 1. The summed E-state index contributed by atoms with van der Waals surface area (Å²) in [5, 5.41) is 5.31. The maximum Gasteiger partial charge on any atom is 0.254 e. The fourth-order valence-electron chi connectivity index (χ4n) is 5.38. The second kappa shape index (κ2) is 9.49. The Morgan fingerprint density at radius 3 is 2.46 bits per heavy atom. The summed E-state index contributed by atoms with van der Waals surface area (Å²) in [6.07, 6.45) is 8.71. The number of nitrogens with zero attached hydrogens (tertiary/aromatic N) is 2. The number of amides is 2. The molecule has 2 bridgehead atoms. The van der Waals surface area contributed by atoms with Gasteiger partial charge in [-0.15, -0.1) is 6.58 Å². The van der Waals surface area contributed by atoms with E-state index in [2.05, 4.69) is 23.8 Å². The number of carbonyl (C=O) groups excluding carboxylic acids is 2. The van der Waals surface area contributed by atoms with Gasteiger partial charge < -0.3 is 9.47 Å². The molecule has 1 heterocycles. The first-order valence-electron chi connectivity index (χ1n) is 11.9. The van der Waals surface area contributed by atoms with E-state index in [1.165, 1.54) is 12.3 Å². The van der Waals surface area contributed by atoms with Crippen LogP contribution in [-0.4, -0.2) is 29.6 Å². The molecule has 0 unspecified atom stereocenters. The van der Waals surface area contributed by atoms with Gasteiger partial charge in [0.25, 0.3) is 11.8 Å². The Morgan fingerprint density at radius 1 is 1.09 bits per heavy atom. The van der Waals surface area contributed by atoms with Crippen molar-refractivity contribution in [2.45, 2.75) is 26.4 Å². The molecule has 3 aliphatic rings. The minimum absolute atomic E-state index is 0.0419. The van der Waals surface area contributed by atoms with Gasteiger partial charge in [-0.05, 0) is 55.4 Å². The third kappa shape index (κ3) is 4.16. The molecule has 2 aliphatic carbocycles. The fraction of sp³-hybridized carbons (Fsp3) is 0.321. The van der Waals surface area contributed by atoms with E-state index in [1.54, 1.807) is 30.3 Å². The molecule has 6 nitrogen and oxygen atoms in total. The van der Waals surface area contributed by atoms with Crippen LogP contribution in [0.4, 0.5) is 4.39 Å². The van der Waals surface area contributed by atoms with Crippen molar-refractivity contribution in [1.29, 1.82) is 0 Å². The number of hydrogen-bond acceptors (Lipinski definition) is 5. The Balaban J connectivity index is 1.41. The predicted octanol–water partition coefficient (Wildman–Crippen LogP) is 4.67. The summed E-state index contributed by atoms with van der Waals surface area (Å²) in [6.45, 7) is 6.12. The third-order valence-corrected chi connectivity index (χ3v) is 6.92. The molecule has 5 rings (SSSR count). The lowest BCUT2D eigenvalue weighted by atomic mass is 9.85. The minimum atomic E-state index is -0.340. The molecule has 2 fully saturated rings. The van der Waals surface area contributed by atoms with Crippen molar-refractivity contribution < 1.29 is 23.5 Å². The van der Waals surface area contributed by atoms with E-state index in [1.807, 2.05) is 13.0 Å². The molecule has 1 saturated heterocycles. The highest BCUT2D eigenvalue weighted by Gasteiger charge is 2.59. The first-order chi connectivity index (χ1) is 17.0. The van der Waals surface area contributed by atoms with Gasteiger partial charge in [0.1, 0.15) is 12.4 Å². The van der Waals surface area contributed by atoms with Crippen LogP contribution < -0.4 is 9.47 Å². The Labute approximate surface area is 203 Å². The zero-order chi connectivity index (χ0) is 24.5. The van der Waals surface area contributed by atoms with Gasteiger partial charge in [-0.3, -0.25) is 9.59 Å². The van der Waals surface area contributed by atoms with E-state index in [0.29, 0.717) is 35.7 Å². The highest BCUT2D eigenvalue weighted by molar-refractivity contribution is 6.06. The summed E-state index contributed by atoms with van der Waals surface area (Å²) in [5.41, 5.74) is 1.87. The molecule has 180 valence electrons. The number of rotatable bonds is 9. The highest BCUT2D eigenvalue weighted by Crippen LogP contribution is 2.52. The van der Waals surface area contributed by atoms with Crippen molar-refractivity contribution in [2.75, 3.05) is 6.61 Å². The number of ether oxygens (including phenoxy) is 2. The SMILES string of the molecule is C=CCc1cc(C=NN2C(=O)[C@@H]3[C@H](C2=O)[C@H]2C=C[C@H]3C2)cc(OCC)c1OCc1ccccc1F.